The first-order valence-corrected chi connectivity index (χ1v) is 22.1. The Hall–Kier alpha value is -8.19. The van der Waals surface area contributed by atoms with Crippen molar-refractivity contribution in [2.45, 2.75) is 0 Å². The van der Waals surface area contributed by atoms with Gasteiger partial charge >= 0.3 is 0 Å². The quantitative estimate of drug-likeness (QED) is 0.178. The average molecular weight is 820 g/mol. The fourth-order valence-corrected chi connectivity index (χ4v) is 11.2. The molecular formula is C57H33N5S. The van der Waals surface area contributed by atoms with Gasteiger partial charge in [0.15, 0.2) is 11.6 Å². The molecule has 1 aliphatic heterocycles. The van der Waals surface area contributed by atoms with Gasteiger partial charge in [-0.25, -0.2) is 4.98 Å². The summed E-state index contributed by atoms with van der Waals surface area (Å²) in [5, 5.41) is 7.11. The van der Waals surface area contributed by atoms with E-state index in [2.05, 4.69) is 203 Å². The van der Waals surface area contributed by atoms with E-state index in [9.17, 15) is 0 Å². The molecule has 0 radical (unpaired) electrons. The van der Waals surface area contributed by atoms with Crippen LogP contribution in [0.2, 0.25) is 0 Å². The van der Waals surface area contributed by atoms with E-state index in [1.54, 1.807) is 0 Å². The molecule has 63 heavy (non-hydrogen) atoms. The van der Waals surface area contributed by atoms with Crippen LogP contribution in [0.25, 0.3) is 132 Å². The maximum absolute atomic E-state index is 5.40. The lowest BCUT2D eigenvalue weighted by atomic mass is 9.94. The predicted octanol–water partition coefficient (Wildman–Crippen LogP) is 15.1. The van der Waals surface area contributed by atoms with Gasteiger partial charge in [-0.1, -0.05) is 152 Å². The molecule has 4 aromatic heterocycles. The molecule has 13 aromatic rings. The summed E-state index contributed by atoms with van der Waals surface area (Å²) >= 11 is 1.81. The van der Waals surface area contributed by atoms with Crippen LogP contribution in [0.15, 0.2) is 200 Å². The second-order valence-corrected chi connectivity index (χ2v) is 17.5. The van der Waals surface area contributed by atoms with Gasteiger partial charge < -0.3 is 4.57 Å². The molecule has 292 valence electrons. The van der Waals surface area contributed by atoms with Crippen molar-refractivity contribution in [3.8, 4) is 67.8 Å². The molecule has 0 amide bonds. The van der Waals surface area contributed by atoms with Gasteiger partial charge in [-0.15, -0.1) is 11.3 Å². The first kappa shape index (κ1) is 34.5. The third-order valence-corrected chi connectivity index (χ3v) is 14.1. The van der Waals surface area contributed by atoms with Gasteiger partial charge in [-0.3, -0.25) is 4.57 Å². The number of hydrogen-bond acceptors (Lipinski definition) is 4. The van der Waals surface area contributed by atoms with Crippen molar-refractivity contribution in [2.75, 3.05) is 0 Å². The molecule has 5 heterocycles. The molecule has 1 aliphatic rings. The molecular weight excluding hydrogens is 787 g/mol. The zero-order valence-electron chi connectivity index (χ0n) is 33.7. The minimum atomic E-state index is 0.577. The van der Waals surface area contributed by atoms with Crippen LogP contribution in [0.1, 0.15) is 0 Å². The Labute approximate surface area is 365 Å². The summed E-state index contributed by atoms with van der Waals surface area (Å²) in [7, 11) is 0. The summed E-state index contributed by atoms with van der Waals surface area (Å²) in [5.74, 6) is 1.83. The normalized spacial score (nSPS) is 12.1. The zero-order valence-corrected chi connectivity index (χ0v) is 34.5. The molecule has 0 aliphatic carbocycles. The average Bonchev–Trinajstić information content (AvgIpc) is 3.97. The molecule has 5 nitrogen and oxygen atoms in total. The highest BCUT2D eigenvalue weighted by Crippen LogP contribution is 2.48. The van der Waals surface area contributed by atoms with Crippen molar-refractivity contribution < 1.29 is 0 Å². The van der Waals surface area contributed by atoms with E-state index in [1.165, 1.54) is 75.5 Å². The lowest BCUT2D eigenvalue weighted by Crippen LogP contribution is -2.06. The zero-order chi connectivity index (χ0) is 41.2. The van der Waals surface area contributed by atoms with Crippen LogP contribution in [-0.2, 0) is 0 Å². The summed E-state index contributed by atoms with van der Waals surface area (Å²) in [6, 6.07) is 72.0. The van der Waals surface area contributed by atoms with Crippen molar-refractivity contribution in [3.05, 3.63) is 200 Å². The van der Waals surface area contributed by atoms with Crippen LogP contribution in [0.3, 0.4) is 0 Å². The number of hydrogen-bond donors (Lipinski definition) is 0. The lowest BCUT2D eigenvalue weighted by Gasteiger charge is -2.13. The topological polar surface area (TPSA) is 48.5 Å². The Bertz CT molecular complexity index is 4020. The van der Waals surface area contributed by atoms with Gasteiger partial charge in [-0.05, 0) is 70.8 Å². The Morgan fingerprint density at radius 2 is 0.889 bits per heavy atom. The number of rotatable bonds is 4. The molecule has 0 saturated heterocycles. The van der Waals surface area contributed by atoms with Crippen molar-refractivity contribution in [1.29, 1.82) is 0 Å². The molecule has 0 spiro atoms. The van der Waals surface area contributed by atoms with Gasteiger partial charge in [-0.2, -0.15) is 9.97 Å². The Kier molecular flexibility index (Phi) is 7.21. The molecule has 0 atom stereocenters. The van der Waals surface area contributed by atoms with Gasteiger partial charge in [0.25, 0.3) is 0 Å². The number of benzene rings is 9. The molecule has 0 saturated carbocycles. The monoisotopic (exact) mass is 819 g/mol. The third kappa shape index (κ3) is 5.07. The second-order valence-electron chi connectivity index (χ2n) is 16.4. The maximum atomic E-state index is 5.40. The Morgan fingerprint density at radius 1 is 0.317 bits per heavy atom. The first-order chi connectivity index (χ1) is 31.2. The second kappa shape index (κ2) is 13.2. The maximum Gasteiger partial charge on any atom is 0.238 e. The molecule has 0 fully saturated rings. The number of thiophene rings is 1. The first-order valence-electron chi connectivity index (χ1n) is 21.3. The van der Waals surface area contributed by atoms with Crippen LogP contribution >= 0.6 is 11.3 Å². The SMILES string of the molecule is c1ccc(-c2ccc(-c3nc(-c4ccc5sc6ccccc6c5c4)nc(-n4c5ccccc5c5cc6c(cc54)c4cccc5c4n6-c4ccccc4-c4ccccc4-5)n3)cc2)cc1. The largest absolute Gasteiger partial charge is 0.308 e. The van der Waals surface area contributed by atoms with Crippen LogP contribution in [0.4, 0.5) is 0 Å². The van der Waals surface area contributed by atoms with E-state index in [1.807, 2.05) is 17.4 Å². The van der Waals surface area contributed by atoms with E-state index >= 15 is 0 Å². The minimum Gasteiger partial charge on any atom is -0.308 e. The number of para-hydroxylation sites is 3. The van der Waals surface area contributed by atoms with E-state index < -0.39 is 0 Å². The van der Waals surface area contributed by atoms with E-state index in [4.69, 9.17) is 15.0 Å². The van der Waals surface area contributed by atoms with Crippen LogP contribution in [0.5, 0.6) is 0 Å². The van der Waals surface area contributed by atoms with Crippen molar-refractivity contribution in [3.63, 3.8) is 0 Å². The Morgan fingerprint density at radius 3 is 1.73 bits per heavy atom. The lowest BCUT2D eigenvalue weighted by molar-refractivity contribution is 0.954. The van der Waals surface area contributed by atoms with E-state index in [-0.39, 0.29) is 0 Å². The standard InChI is InChI=1S/C57H33N5S/c1-2-13-34(14-3-1)35-25-27-36(28-26-35)55-58-56(37-29-30-53-47(31-37)42-19-8-11-24-52(42)63-53)60-57(59-55)62-49-23-10-7-18-41(49)45-32-50-46(33-51(45)62)44-21-12-20-43-39-16-5-4-15-38(39)40-17-6-9-22-48(40)61(50)54(43)44/h1-33H. The molecule has 6 heteroatoms. The van der Waals surface area contributed by atoms with Crippen molar-refractivity contribution >= 4 is 75.1 Å². The highest BCUT2D eigenvalue weighted by Gasteiger charge is 2.26. The van der Waals surface area contributed by atoms with Crippen LogP contribution in [-0.4, -0.2) is 24.1 Å². The van der Waals surface area contributed by atoms with Crippen LogP contribution in [0, 0.1) is 0 Å². The van der Waals surface area contributed by atoms with Gasteiger partial charge in [0.1, 0.15) is 0 Å². The molecule has 0 unspecified atom stereocenters. The van der Waals surface area contributed by atoms with Gasteiger partial charge in [0, 0.05) is 64.0 Å². The number of aromatic nitrogens is 5. The predicted molar refractivity (Wildman–Crippen MR) is 262 cm³/mol. The minimum absolute atomic E-state index is 0.577. The number of nitrogens with zero attached hydrogens (tertiary/aromatic N) is 5. The molecule has 0 bridgehead atoms. The van der Waals surface area contributed by atoms with Gasteiger partial charge in [0.2, 0.25) is 5.95 Å². The summed E-state index contributed by atoms with van der Waals surface area (Å²) in [4.78, 5) is 16.0. The fourth-order valence-electron chi connectivity index (χ4n) is 10.1. The number of fused-ring (bicyclic) bond motifs is 14. The van der Waals surface area contributed by atoms with Crippen molar-refractivity contribution in [1.82, 2.24) is 24.1 Å². The summed E-state index contributed by atoms with van der Waals surface area (Å²) in [6.07, 6.45) is 0. The summed E-state index contributed by atoms with van der Waals surface area (Å²) < 4.78 is 7.25. The van der Waals surface area contributed by atoms with E-state index in [0.717, 1.165) is 38.5 Å². The van der Waals surface area contributed by atoms with E-state index in [0.29, 0.717) is 17.6 Å². The Balaban J connectivity index is 1.05. The fraction of sp³-hybridized carbons (Fsp3) is 0. The molecule has 9 aromatic carbocycles. The van der Waals surface area contributed by atoms with Crippen LogP contribution < -0.4 is 0 Å². The highest BCUT2D eigenvalue weighted by molar-refractivity contribution is 7.25. The smallest absolute Gasteiger partial charge is 0.238 e. The van der Waals surface area contributed by atoms with Gasteiger partial charge in [0.05, 0.1) is 27.8 Å². The summed E-state index contributed by atoms with van der Waals surface area (Å²) in [6.45, 7) is 0. The third-order valence-electron chi connectivity index (χ3n) is 12.9. The molecule has 0 N–H and O–H groups in total. The van der Waals surface area contributed by atoms with Crippen molar-refractivity contribution in [2.24, 2.45) is 0 Å². The summed E-state index contributed by atoms with van der Waals surface area (Å²) in [5.41, 5.74) is 14.8. The molecule has 14 rings (SSSR count). The highest BCUT2D eigenvalue weighted by atomic mass is 32.1.